The number of amides is 1. The number of carbonyl (C=O) groups excluding carboxylic acids is 1. The number of furan rings is 1. The summed E-state index contributed by atoms with van der Waals surface area (Å²) in [4.78, 5) is 35.7. The molecule has 8 rings (SSSR count). The Labute approximate surface area is 314 Å². The zero-order chi connectivity index (χ0) is 37.2. The number of fused-ring (bicyclic) bond motifs is 4. The predicted octanol–water partition coefficient (Wildman–Crippen LogP) is 7.15. The van der Waals surface area contributed by atoms with Crippen molar-refractivity contribution < 1.29 is 18.7 Å². The summed E-state index contributed by atoms with van der Waals surface area (Å²) in [6, 6.07) is 6.18. The third-order valence-corrected chi connectivity index (χ3v) is 11.2. The molecule has 0 radical (unpaired) electrons. The van der Waals surface area contributed by atoms with Crippen molar-refractivity contribution in [1.82, 2.24) is 29.5 Å². The molecule has 1 unspecified atom stereocenters. The van der Waals surface area contributed by atoms with E-state index >= 15 is 0 Å². The van der Waals surface area contributed by atoms with Gasteiger partial charge in [-0.1, -0.05) is 11.6 Å². The summed E-state index contributed by atoms with van der Waals surface area (Å²) in [6.45, 7) is 19.1. The molecule has 3 fully saturated rings. The molecule has 3 aliphatic rings. The number of hydrogen-bond donors (Lipinski definition) is 0. The molecule has 0 N–H and O–H groups in total. The summed E-state index contributed by atoms with van der Waals surface area (Å²) < 4.78 is 20.2. The minimum absolute atomic E-state index is 0.122. The molecule has 53 heavy (non-hydrogen) atoms. The van der Waals surface area contributed by atoms with Gasteiger partial charge in [-0.2, -0.15) is 10.1 Å². The third kappa shape index (κ3) is 6.40. The molecule has 2 atom stereocenters. The first-order valence-electron chi connectivity index (χ1n) is 18.4. The van der Waals surface area contributed by atoms with Crippen LogP contribution in [-0.2, 0) is 9.47 Å². The predicted molar refractivity (Wildman–Crippen MR) is 207 cm³/mol. The molecule has 3 saturated heterocycles. The molecule has 14 heteroatoms. The average Bonchev–Trinajstić information content (AvgIpc) is 3.75. The van der Waals surface area contributed by atoms with Crippen molar-refractivity contribution in [3.05, 3.63) is 52.7 Å². The van der Waals surface area contributed by atoms with Crippen LogP contribution in [-0.4, -0.2) is 113 Å². The second kappa shape index (κ2) is 13.6. The van der Waals surface area contributed by atoms with E-state index < -0.39 is 11.7 Å². The van der Waals surface area contributed by atoms with E-state index in [2.05, 4.69) is 45.8 Å². The summed E-state index contributed by atoms with van der Waals surface area (Å²) in [5, 5.41) is 8.08. The van der Waals surface area contributed by atoms with Gasteiger partial charge in [-0.15, -0.1) is 0 Å². The minimum atomic E-state index is -0.646. The average molecular weight is 740 g/mol. The number of halogens is 1. The van der Waals surface area contributed by atoms with E-state index in [-0.39, 0.29) is 18.8 Å². The van der Waals surface area contributed by atoms with Gasteiger partial charge in [0.2, 0.25) is 12.5 Å². The number of likely N-dealkylation sites (N-methyl/N-ethyl adjacent to an activating group) is 1. The highest BCUT2D eigenvalue weighted by Gasteiger charge is 2.38. The number of piperazine rings is 1. The van der Waals surface area contributed by atoms with Crippen LogP contribution in [0.2, 0.25) is 5.02 Å². The lowest BCUT2D eigenvalue weighted by Gasteiger charge is -2.43. The Morgan fingerprint density at radius 2 is 1.92 bits per heavy atom. The lowest BCUT2D eigenvalue weighted by atomic mass is 9.95. The van der Waals surface area contributed by atoms with Crippen LogP contribution in [0.15, 0.2) is 35.1 Å². The SMILES string of the molecule is [C-]#[N+]C[C@H]1CN(c2nc(N3CC(N(C)C)C3)nc3cc(-c4c(Cl)c(C)cc5c4cnn5C4CCCCO4)c4ccoc4c23)CCN1C(=O)OC(C)(C)C. The Bertz CT molecular complexity index is 2240. The zero-order valence-corrected chi connectivity index (χ0v) is 32.0. The van der Waals surface area contributed by atoms with Gasteiger partial charge in [-0.3, -0.25) is 4.90 Å². The van der Waals surface area contributed by atoms with Crippen molar-refractivity contribution in [3.63, 3.8) is 0 Å². The van der Waals surface area contributed by atoms with Crippen LogP contribution in [0.3, 0.4) is 0 Å². The smallest absolute Gasteiger partial charge is 0.410 e. The van der Waals surface area contributed by atoms with Gasteiger partial charge in [0.1, 0.15) is 23.0 Å². The number of rotatable bonds is 6. The Morgan fingerprint density at radius 3 is 2.64 bits per heavy atom. The molecule has 278 valence electrons. The number of ether oxygens (including phenoxy) is 2. The van der Waals surface area contributed by atoms with E-state index in [0.717, 1.165) is 82.8 Å². The van der Waals surface area contributed by atoms with E-state index in [1.54, 1.807) is 11.2 Å². The van der Waals surface area contributed by atoms with Gasteiger partial charge < -0.3 is 33.4 Å². The van der Waals surface area contributed by atoms with Gasteiger partial charge in [0.25, 0.3) is 0 Å². The van der Waals surface area contributed by atoms with Gasteiger partial charge in [0, 0.05) is 61.7 Å². The molecule has 5 aromatic rings. The fraction of sp³-hybridized carbons (Fsp3) is 0.513. The number of aryl methyl sites for hydroxylation is 1. The molecule has 13 nitrogen and oxygen atoms in total. The van der Waals surface area contributed by atoms with Crippen molar-refractivity contribution in [2.24, 2.45) is 0 Å². The van der Waals surface area contributed by atoms with Crippen LogP contribution < -0.4 is 9.80 Å². The monoisotopic (exact) mass is 739 g/mol. The van der Waals surface area contributed by atoms with Crippen LogP contribution in [0, 0.1) is 13.5 Å². The molecule has 0 spiro atoms. The van der Waals surface area contributed by atoms with E-state index in [9.17, 15) is 4.79 Å². The maximum absolute atomic E-state index is 13.3. The van der Waals surface area contributed by atoms with E-state index in [4.69, 9.17) is 47.1 Å². The van der Waals surface area contributed by atoms with Crippen LogP contribution >= 0.6 is 11.6 Å². The number of carbonyl (C=O) groups is 1. The van der Waals surface area contributed by atoms with Crippen LogP contribution in [0.25, 0.3) is 48.7 Å². The molecule has 0 aliphatic carbocycles. The van der Waals surface area contributed by atoms with Crippen molar-refractivity contribution >= 4 is 62.2 Å². The molecule has 3 aliphatic heterocycles. The van der Waals surface area contributed by atoms with E-state index in [1.165, 1.54) is 0 Å². The lowest BCUT2D eigenvalue weighted by Crippen LogP contribution is -2.58. The van der Waals surface area contributed by atoms with Crippen molar-refractivity contribution in [2.75, 3.05) is 69.8 Å². The first kappa shape index (κ1) is 35.4. The Balaban J connectivity index is 1.28. The maximum Gasteiger partial charge on any atom is 0.410 e. The van der Waals surface area contributed by atoms with Crippen LogP contribution in [0.4, 0.5) is 16.6 Å². The number of anilines is 2. The van der Waals surface area contributed by atoms with Crippen LogP contribution in [0.5, 0.6) is 0 Å². The number of benzene rings is 2. The summed E-state index contributed by atoms with van der Waals surface area (Å²) in [5.41, 5.74) is 4.41. The largest absolute Gasteiger partial charge is 0.463 e. The van der Waals surface area contributed by atoms with Gasteiger partial charge >= 0.3 is 6.09 Å². The first-order valence-corrected chi connectivity index (χ1v) is 18.8. The summed E-state index contributed by atoms with van der Waals surface area (Å²) >= 11 is 7.24. The number of nitrogens with zero attached hydrogens (tertiary/aromatic N) is 9. The third-order valence-electron chi connectivity index (χ3n) is 10.7. The molecule has 2 aromatic carbocycles. The molecule has 6 heterocycles. The highest BCUT2D eigenvalue weighted by Crippen LogP contribution is 2.46. The fourth-order valence-electron chi connectivity index (χ4n) is 7.80. The number of hydrogen-bond acceptors (Lipinski definition) is 10. The molecule has 1 amide bonds. The molecular weight excluding hydrogens is 694 g/mol. The molecule has 0 saturated carbocycles. The minimum Gasteiger partial charge on any atom is -0.463 e. The second-order valence-corrected chi connectivity index (χ2v) is 16.1. The second-order valence-electron chi connectivity index (χ2n) is 15.7. The summed E-state index contributed by atoms with van der Waals surface area (Å²) in [7, 11) is 4.18. The van der Waals surface area contributed by atoms with Crippen molar-refractivity contribution in [1.29, 1.82) is 0 Å². The topological polar surface area (TPSA) is 110 Å². The van der Waals surface area contributed by atoms with Crippen molar-refractivity contribution in [3.8, 4) is 11.1 Å². The van der Waals surface area contributed by atoms with Gasteiger partial charge in [0.05, 0.1) is 33.9 Å². The van der Waals surface area contributed by atoms with Gasteiger partial charge in [-0.05, 0) is 90.4 Å². The fourth-order valence-corrected chi connectivity index (χ4v) is 8.06. The molecule has 0 bridgehead atoms. The highest BCUT2D eigenvalue weighted by atomic mass is 35.5. The Kier molecular flexibility index (Phi) is 9.11. The lowest BCUT2D eigenvalue weighted by molar-refractivity contribution is -0.0366. The quantitative estimate of drug-likeness (QED) is 0.167. The maximum atomic E-state index is 13.3. The van der Waals surface area contributed by atoms with Gasteiger partial charge in [-0.25, -0.2) is 21.0 Å². The normalized spacial score (nSPS) is 20.1. The first-order chi connectivity index (χ1) is 25.4. The number of aromatic nitrogens is 4. The zero-order valence-electron chi connectivity index (χ0n) is 31.2. The summed E-state index contributed by atoms with van der Waals surface area (Å²) in [6.07, 6.45) is 6.12. The molecular formula is C39H46ClN9O4. The van der Waals surface area contributed by atoms with Crippen LogP contribution in [0.1, 0.15) is 51.8 Å². The Hall–Kier alpha value is -4.64. The summed E-state index contributed by atoms with van der Waals surface area (Å²) in [5.74, 6) is 1.34. The van der Waals surface area contributed by atoms with E-state index in [0.29, 0.717) is 48.0 Å². The highest BCUT2D eigenvalue weighted by molar-refractivity contribution is 6.36. The van der Waals surface area contributed by atoms with E-state index in [1.807, 2.05) is 44.6 Å². The Morgan fingerprint density at radius 1 is 1.11 bits per heavy atom. The van der Waals surface area contributed by atoms with Gasteiger partial charge in [0.15, 0.2) is 6.23 Å². The van der Waals surface area contributed by atoms with Crippen molar-refractivity contribution in [2.45, 2.75) is 70.9 Å². The standard InChI is InChI=1S/C39H46ClN9O4/c1-23-16-30-28(19-42-49(30)31-10-8-9-14-51-31)32(34(23)40)27-17-29-33(35-26(27)11-15-52-35)36(44-37(43-29)47-21-25(22-47)45(6)7)46-12-13-48(24(20-46)18-41-5)38(50)53-39(2,3)4/h11,15-17,19,24-25,31H,8-10,12-14,18,20-22H2,1-4,6-7H3/t24-,31?/m0/s1. The molecule has 3 aromatic heterocycles.